The van der Waals surface area contributed by atoms with E-state index in [0.717, 1.165) is 19.4 Å². The second-order valence-electron chi connectivity index (χ2n) is 2.53. The molecule has 0 saturated heterocycles. The number of ether oxygens (including phenoxy) is 1. The van der Waals surface area contributed by atoms with Gasteiger partial charge in [-0.25, -0.2) is 0 Å². The maximum absolute atomic E-state index is 8.55. The maximum atomic E-state index is 8.55. The van der Waals surface area contributed by atoms with Crippen LogP contribution in [0.15, 0.2) is 0 Å². The molecule has 0 N–H and O–H groups in total. The fraction of sp³-hybridized carbons (Fsp3) is 0.857. The summed E-state index contributed by atoms with van der Waals surface area (Å²) < 4.78 is 5.13. The van der Waals surface area contributed by atoms with Crippen molar-refractivity contribution in [1.82, 2.24) is 0 Å². The summed E-state index contributed by atoms with van der Waals surface area (Å²) in [5.74, 6) is 0. The van der Waals surface area contributed by atoms with Crippen molar-refractivity contribution in [2.75, 3.05) is 13.2 Å². The molecule has 1 aliphatic rings. The van der Waals surface area contributed by atoms with Gasteiger partial charge in [-0.05, 0) is 19.8 Å². The molecule has 0 bridgehead atoms. The van der Waals surface area contributed by atoms with Gasteiger partial charge in [-0.3, -0.25) is 0 Å². The summed E-state index contributed by atoms with van der Waals surface area (Å²) in [7, 11) is 0. The zero-order chi connectivity index (χ0) is 6.74. The standard InChI is InChI=1S/C7H11NO/c1-2-9-6-7(5-8)3-4-7/h2-4,6H2,1H3. The van der Waals surface area contributed by atoms with Crippen molar-refractivity contribution in [3.05, 3.63) is 0 Å². The fourth-order valence-corrected chi connectivity index (χ4v) is 0.737. The molecule has 0 spiro atoms. The molecule has 0 heterocycles. The highest BCUT2D eigenvalue weighted by molar-refractivity contribution is 5.09. The molecule has 1 aliphatic carbocycles. The highest BCUT2D eigenvalue weighted by Gasteiger charge is 2.43. The van der Waals surface area contributed by atoms with Crippen molar-refractivity contribution in [3.8, 4) is 6.07 Å². The van der Waals surface area contributed by atoms with E-state index in [0.29, 0.717) is 6.61 Å². The minimum Gasteiger partial charge on any atom is -0.380 e. The lowest BCUT2D eigenvalue weighted by atomic mass is 10.1. The van der Waals surface area contributed by atoms with Gasteiger partial charge in [0.2, 0.25) is 0 Å². The Bertz CT molecular complexity index is 132. The van der Waals surface area contributed by atoms with Gasteiger partial charge in [-0.1, -0.05) is 0 Å². The van der Waals surface area contributed by atoms with Crippen LogP contribution in [0.5, 0.6) is 0 Å². The summed E-state index contributed by atoms with van der Waals surface area (Å²) in [5, 5.41) is 8.55. The van der Waals surface area contributed by atoms with Gasteiger partial charge in [-0.15, -0.1) is 0 Å². The second kappa shape index (κ2) is 2.36. The van der Waals surface area contributed by atoms with Crippen molar-refractivity contribution in [3.63, 3.8) is 0 Å². The van der Waals surface area contributed by atoms with Crippen LogP contribution in [-0.2, 0) is 4.74 Å². The van der Waals surface area contributed by atoms with Gasteiger partial charge in [0.15, 0.2) is 0 Å². The van der Waals surface area contributed by atoms with E-state index in [9.17, 15) is 0 Å². The molecule has 0 radical (unpaired) electrons. The number of rotatable bonds is 3. The second-order valence-corrected chi connectivity index (χ2v) is 2.53. The number of hydrogen-bond acceptors (Lipinski definition) is 2. The first-order chi connectivity index (χ1) is 4.33. The minimum absolute atomic E-state index is 0.0734. The van der Waals surface area contributed by atoms with E-state index < -0.39 is 0 Å². The molecule has 1 rings (SSSR count). The number of nitrogens with zero attached hydrogens (tertiary/aromatic N) is 1. The Kier molecular flexibility index (Phi) is 1.73. The van der Waals surface area contributed by atoms with E-state index in [1.165, 1.54) is 0 Å². The molecular formula is C7H11NO. The van der Waals surface area contributed by atoms with Crippen molar-refractivity contribution >= 4 is 0 Å². The van der Waals surface area contributed by atoms with E-state index in [-0.39, 0.29) is 5.41 Å². The summed E-state index contributed by atoms with van der Waals surface area (Å²) in [6.07, 6.45) is 2.06. The van der Waals surface area contributed by atoms with Gasteiger partial charge in [-0.2, -0.15) is 5.26 Å². The topological polar surface area (TPSA) is 33.0 Å². The average Bonchev–Trinajstić information content (AvgIpc) is 2.65. The van der Waals surface area contributed by atoms with Gasteiger partial charge in [0.05, 0.1) is 18.1 Å². The van der Waals surface area contributed by atoms with Crippen LogP contribution in [0.1, 0.15) is 19.8 Å². The Morgan fingerprint density at radius 3 is 2.67 bits per heavy atom. The molecule has 2 heteroatoms. The lowest BCUT2D eigenvalue weighted by Gasteiger charge is -2.02. The molecule has 1 fully saturated rings. The molecule has 2 nitrogen and oxygen atoms in total. The molecular weight excluding hydrogens is 114 g/mol. The van der Waals surface area contributed by atoms with Crippen molar-refractivity contribution in [1.29, 1.82) is 5.26 Å². The first-order valence-electron chi connectivity index (χ1n) is 3.32. The zero-order valence-corrected chi connectivity index (χ0v) is 5.68. The van der Waals surface area contributed by atoms with Gasteiger partial charge >= 0.3 is 0 Å². The lowest BCUT2D eigenvalue weighted by Crippen LogP contribution is -2.07. The van der Waals surface area contributed by atoms with Crippen LogP contribution >= 0.6 is 0 Å². The zero-order valence-electron chi connectivity index (χ0n) is 5.68. The highest BCUT2D eigenvalue weighted by Crippen LogP contribution is 2.44. The van der Waals surface area contributed by atoms with Crippen LogP contribution in [0.25, 0.3) is 0 Å². The molecule has 9 heavy (non-hydrogen) atoms. The third-order valence-corrected chi connectivity index (χ3v) is 1.67. The fourth-order valence-electron chi connectivity index (χ4n) is 0.737. The molecule has 0 aromatic heterocycles. The van der Waals surface area contributed by atoms with Crippen LogP contribution in [0.3, 0.4) is 0 Å². The molecule has 0 aromatic carbocycles. The van der Waals surface area contributed by atoms with Crippen LogP contribution in [-0.4, -0.2) is 13.2 Å². The van der Waals surface area contributed by atoms with E-state index in [1.807, 2.05) is 6.92 Å². The summed E-state index contributed by atoms with van der Waals surface area (Å²) in [6, 6.07) is 2.26. The third-order valence-electron chi connectivity index (χ3n) is 1.67. The Labute approximate surface area is 55.4 Å². The quantitative estimate of drug-likeness (QED) is 0.570. The SMILES string of the molecule is CCOCC1(C#N)CC1. The lowest BCUT2D eigenvalue weighted by molar-refractivity contribution is 0.119. The van der Waals surface area contributed by atoms with Gasteiger partial charge < -0.3 is 4.74 Å². The molecule has 0 atom stereocenters. The molecule has 0 aliphatic heterocycles. The van der Waals surface area contributed by atoms with Crippen molar-refractivity contribution < 1.29 is 4.74 Å². The Morgan fingerprint density at radius 2 is 2.33 bits per heavy atom. The van der Waals surface area contributed by atoms with Gasteiger partial charge in [0, 0.05) is 6.61 Å². The summed E-state index contributed by atoms with van der Waals surface area (Å²) >= 11 is 0. The molecule has 0 amide bonds. The predicted molar refractivity (Wildman–Crippen MR) is 33.8 cm³/mol. The van der Waals surface area contributed by atoms with Crippen molar-refractivity contribution in [2.24, 2.45) is 5.41 Å². The first kappa shape index (κ1) is 6.57. The first-order valence-corrected chi connectivity index (χ1v) is 3.32. The largest absolute Gasteiger partial charge is 0.380 e. The van der Waals surface area contributed by atoms with Gasteiger partial charge in [0.25, 0.3) is 0 Å². The third kappa shape index (κ3) is 1.43. The maximum Gasteiger partial charge on any atom is 0.0808 e. The van der Waals surface area contributed by atoms with Crippen LogP contribution < -0.4 is 0 Å². The monoisotopic (exact) mass is 125 g/mol. The summed E-state index contributed by atoms with van der Waals surface area (Å²) in [4.78, 5) is 0. The predicted octanol–water partition coefficient (Wildman–Crippen LogP) is 1.33. The molecule has 0 unspecified atom stereocenters. The van der Waals surface area contributed by atoms with Crippen molar-refractivity contribution in [2.45, 2.75) is 19.8 Å². The Morgan fingerprint density at radius 1 is 1.67 bits per heavy atom. The average molecular weight is 125 g/mol. The van der Waals surface area contributed by atoms with E-state index in [4.69, 9.17) is 10.00 Å². The number of hydrogen-bond donors (Lipinski definition) is 0. The molecule has 50 valence electrons. The Balaban J connectivity index is 2.20. The summed E-state index contributed by atoms with van der Waals surface area (Å²) in [5.41, 5.74) is -0.0734. The Hall–Kier alpha value is -0.550. The number of nitriles is 1. The smallest absolute Gasteiger partial charge is 0.0808 e. The van der Waals surface area contributed by atoms with Crippen LogP contribution in [0.2, 0.25) is 0 Å². The minimum atomic E-state index is -0.0734. The molecule has 1 saturated carbocycles. The molecule has 0 aromatic rings. The van der Waals surface area contributed by atoms with E-state index in [2.05, 4.69) is 6.07 Å². The van der Waals surface area contributed by atoms with E-state index in [1.54, 1.807) is 0 Å². The van der Waals surface area contributed by atoms with Crippen LogP contribution in [0.4, 0.5) is 0 Å². The van der Waals surface area contributed by atoms with Crippen LogP contribution in [0, 0.1) is 16.7 Å². The van der Waals surface area contributed by atoms with E-state index >= 15 is 0 Å². The highest BCUT2D eigenvalue weighted by atomic mass is 16.5. The normalized spacial score (nSPS) is 20.9. The van der Waals surface area contributed by atoms with Gasteiger partial charge in [0.1, 0.15) is 0 Å². The summed E-state index contributed by atoms with van der Waals surface area (Å²) in [6.45, 7) is 3.32.